The van der Waals surface area contributed by atoms with Gasteiger partial charge in [-0.1, -0.05) is 5.16 Å². The maximum absolute atomic E-state index is 13.4. The highest BCUT2D eigenvalue weighted by Crippen LogP contribution is 2.24. The summed E-state index contributed by atoms with van der Waals surface area (Å²) in [4.78, 5) is 21.7. The summed E-state index contributed by atoms with van der Waals surface area (Å²) in [6.45, 7) is 1.26. The van der Waals surface area contributed by atoms with E-state index >= 15 is 0 Å². The highest BCUT2D eigenvalue weighted by Gasteiger charge is 2.29. The lowest BCUT2D eigenvalue weighted by molar-refractivity contribution is -0.386. The minimum Gasteiger partial charge on any atom is -0.353 e. The van der Waals surface area contributed by atoms with E-state index in [4.69, 9.17) is 0 Å². The molecule has 0 aliphatic heterocycles. The van der Waals surface area contributed by atoms with E-state index in [1.807, 2.05) is 0 Å². The van der Waals surface area contributed by atoms with Gasteiger partial charge < -0.3 is 9.84 Å². The van der Waals surface area contributed by atoms with Crippen molar-refractivity contribution in [2.24, 2.45) is 0 Å². The quantitative estimate of drug-likeness (QED) is 0.689. The molecule has 2 rings (SSSR count). The van der Waals surface area contributed by atoms with Crippen molar-refractivity contribution in [2.75, 3.05) is 5.32 Å². The van der Waals surface area contributed by atoms with Crippen molar-refractivity contribution < 1.29 is 23.0 Å². The zero-order valence-electron chi connectivity index (χ0n) is 10.0. The summed E-state index contributed by atoms with van der Waals surface area (Å²) in [5.74, 6) is -3.01. The highest BCUT2D eigenvalue weighted by molar-refractivity contribution is 6.05. The fraction of sp³-hybridized carbons (Fsp3) is 0.0909. The molecule has 0 aliphatic carbocycles. The predicted molar refractivity (Wildman–Crippen MR) is 62.2 cm³/mol. The van der Waals surface area contributed by atoms with Crippen LogP contribution in [0.4, 0.5) is 20.2 Å². The second-order valence-electron chi connectivity index (χ2n) is 3.77. The van der Waals surface area contributed by atoms with Gasteiger partial charge in [-0.2, -0.15) is 0 Å². The highest BCUT2D eigenvalue weighted by atomic mass is 19.1. The molecule has 0 unspecified atom stereocenters. The molecule has 0 spiro atoms. The average molecular weight is 283 g/mol. The Labute approximate surface area is 110 Å². The summed E-state index contributed by atoms with van der Waals surface area (Å²) in [6.07, 6.45) is 0. The SMILES string of the molecule is Cc1onc(C(=O)Nc2ccc(F)cc2F)c1[N+](=O)[O-]. The van der Waals surface area contributed by atoms with Gasteiger partial charge in [0.15, 0.2) is 0 Å². The molecular formula is C11H7F2N3O4. The molecule has 0 radical (unpaired) electrons. The largest absolute Gasteiger partial charge is 0.353 e. The van der Waals surface area contributed by atoms with Gasteiger partial charge in [0, 0.05) is 13.0 Å². The van der Waals surface area contributed by atoms with Crippen molar-refractivity contribution in [2.45, 2.75) is 6.92 Å². The van der Waals surface area contributed by atoms with Crippen LogP contribution in [0, 0.1) is 28.7 Å². The lowest BCUT2D eigenvalue weighted by Gasteiger charge is -2.03. The molecule has 0 saturated carbocycles. The maximum Gasteiger partial charge on any atom is 0.344 e. The Morgan fingerprint density at radius 1 is 1.45 bits per heavy atom. The van der Waals surface area contributed by atoms with Gasteiger partial charge in [0.25, 0.3) is 5.91 Å². The van der Waals surface area contributed by atoms with E-state index < -0.39 is 33.8 Å². The molecular weight excluding hydrogens is 276 g/mol. The molecule has 20 heavy (non-hydrogen) atoms. The molecule has 1 aromatic heterocycles. The van der Waals surface area contributed by atoms with E-state index in [-0.39, 0.29) is 11.4 Å². The van der Waals surface area contributed by atoms with Crippen molar-refractivity contribution in [3.05, 3.63) is 51.4 Å². The van der Waals surface area contributed by atoms with Gasteiger partial charge in [-0.15, -0.1) is 0 Å². The van der Waals surface area contributed by atoms with Crippen LogP contribution in [0.25, 0.3) is 0 Å². The number of aromatic nitrogens is 1. The number of anilines is 1. The number of nitrogens with one attached hydrogen (secondary N) is 1. The van der Waals surface area contributed by atoms with Gasteiger partial charge in [-0.25, -0.2) is 8.78 Å². The number of carbonyl (C=O) groups excluding carboxylic acids is 1. The Morgan fingerprint density at radius 3 is 2.75 bits per heavy atom. The molecule has 104 valence electrons. The minimum absolute atomic E-state index is 0.153. The Bertz CT molecular complexity index is 699. The molecule has 0 fully saturated rings. The standard InChI is InChI=1S/C11H7F2N3O4/c1-5-10(16(18)19)9(15-20-5)11(17)14-8-3-2-6(12)4-7(8)13/h2-4H,1H3,(H,14,17). The summed E-state index contributed by atoms with van der Waals surface area (Å²) in [5, 5.41) is 16.1. The van der Waals surface area contributed by atoms with Crippen LogP contribution in [0.2, 0.25) is 0 Å². The van der Waals surface area contributed by atoms with Crippen LogP contribution in [0.5, 0.6) is 0 Å². The molecule has 1 N–H and O–H groups in total. The first-order chi connectivity index (χ1) is 9.40. The molecule has 0 bridgehead atoms. The van der Waals surface area contributed by atoms with Crippen LogP contribution < -0.4 is 5.32 Å². The first kappa shape index (κ1) is 13.6. The van der Waals surface area contributed by atoms with Gasteiger partial charge in [0.2, 0.25) is 11.5 Å². The van der Waals surface area contributed by atoms with E-state index in [0.717, 1.165) is 12.1 Å². The summed E-state index contributed by atoms with van der Waals surface area (Å²) in [6, 6.07) is 2.49. The number of carbonyl (C=O) groups is 1. The van der Waals surface area contributed by atoms with Crippen molar-refractivity contribution in [1.82, 2.24) is 5.16 Å². The first-order valence-electron chi connectivity index (χ1n) is 5.27. The second-order valence-corrected chi connectivity index (χ2v) is 3.77. The third kappa shape index (κ3) is 2.46. The molecule has 0 saturated heterocycles. The van der Waals surface area contributed by atoms with Crippen LogP contribution in [0.3, 0.4) is 0 Å². The van der Waals surface area contributed by atoms with Gasteiger partial charge in [0.1, 0.15) is 11.6 Å². The average Bonchev–Trinajstić information content (AvgIpc) is 2.74. The fourth-order valence-corrected chi connectivity index (χ4v) is 1.50. The van der Waals surface area contributed by atoms with Crippen LogP contribution in [-0.2, 0) is 0 Å². The number of halogens is 2. The third-order valence-corrected chi connectivity index (χ3v) is 2.41. The molecule has 9 heteroatoms. The summed E-state index contributed by atoms with van der Waals surface area (Å²) < 4.78 is 30.6. The molecule has 1 heterocycles. The van der Waals surface area contributed by atoms with Gasteiger partial charge in [-0.05, 0) is 12.1 Å². The second kappa shape index (κ2) is 5.03. The smallest absolute Gasteiger partial charge is 0.344 e. The molecule has 0 aliphatic rings. The third-order valence-electron chi connectivity index (χ3n) is 2.41. The van der Waals surface area contributed by atoms with Gasteiger partial charge in [-0.3, -0.25) is 14.9 Å². The Morgan fingerprint density at radius 2 is 2.15 bits per heavy atom. The van der Waals surface area contributed by atoms with E-state index in [9.17, 15) is 23.7 Å². The monoisotopic (exact) mass is 283 g/mol. The zero-order chi connectivity index (χ0) is 14.9. The van der Waals surface area contributed by atoms with Gasteiger partial charge >= 0.3 is 5.69 Å². The van der Waals surface area contributed by atoms with Crippen LogP contribution in [0.15, 0.2) is 22.7 Å². The predicted octanol–water partition coefficient (Wildman–Crippen LogP) is 2.42. The number of amides is 1. The maximum atomic E-state index is 13.4. The first-order valence-corrected chi connectivity index (χ1v) is 5.27. The number of hydrogen-bond acceptors (Lipinski definition) is 5. The number of nitrogens with zero attached hydrogens (tertiary/aromatic N) is 2. The lowest BCUT2D eigenvalue weighted by Crippen LogP contribution is -2.15. The van der Waals surface area contributed by atoms with Crippen molar-refractivity contribution in [3.8, 4) is 0 Å². The topological polar surface area (TPSA) is 98.3 Å². The molecule has 7 nitrogen and oxygen atoms in total. The molecule has 1 aromatic carbocycles. The van der Waals surface area contributed by atoms with Crippen LogP contribution in [0.1, 0.15) is 16.2 Å². The number of benzene rings is 1. The number of hydrogen-bond donors (Lipinski definition) is 1. The van der Waals surface area contributed by atoms with E-state index in [1.165, 1.54) is 6.92 Å². The summed E-state index contributed by atoms with van der Waals surface area (Å²) in [5.41, 5.74) is -1.52. The number of aryl methyl sites for hydroxylation is 1. The Balaban J connectivity index is 2.31. The summed E-state index contributed by atoms with van der Waals surface area (Å²) in [7, 11) is 0. The van der Waals surface area contributed by atoms with Gasteiger partial charge in [0.05, 0.1) is 10.6 Å². The zero-order valence-corrected chi connectivity index (χ0v) is 10.0. The van der Waals surface area contributed by atoms with Crippen molar-refractivity contribution in [1.29, 1.82) is 0 Å². The summed E-state index contributed by atoms with van der Waals surface area (Å²) >= 11 is 0. The van der Waals surface area contributed by atoms with Crippen LogP contribution in [-0.4, -0.2) is 16.0 Å². The lowest BCUT2D eigenvalue weighted by atomic mass is 10.2. The van der Waals surface area contributed by atoms with E-state index in [1.54, 1.807) is 0 Å². The molecule has 0 atom stereocenters. The number of nitro groups is 1. The normalized spacial score (nSPS) is 10.3. The van der Waals surface area contributed by atoms with E-state index in [0.29, 0.717) is 6.07 Å². The minimum atomic E-state index is -1.03. The van der Waals surface area contributed by atoms with E-state index in [2.05, 4.69) is 15.0 Å². The van der Waals surface area contributed by atoms with Crippen molar-refractivity contribution >= 4 is 17.3 Å². The number of rotatable bonds is 3. The van der Waals surface area contributed by atoms with Crippen LogP contribution >= 0.6 is 0 Å². The molecule has 1 amide bonds. The van der Waals surface area contributed by atoms with Crippen molar-refractivity contribution in [3.63, 3.8) is 0 Å². The Kier molecular flexibility index (Phi) is 3.42. The fourth-order valence-electron chi connectivity index (χ4n) is 1.50. The Hall–Kier alpha value is -2.84. The molecule has 2 aromatic rings.